The summed E-state index contributed by atoms with van der Waals surface area (Å²) >= 11 is 8.18. The summed E-state index contributed by atoms with van der Waals surface area (Å²) in [5, 5.41) is 20.4. The van der Waals surface area contributed by atoms with Gasteiger partial charge in [-0.1, -0.05) is 0 Å². The molecule has 9 unspecified atom stereocenters. The fraction of sp³-hybridized carbons (Fsp3) is 0.917. The Labute approximate surface area is 228 Å². The fourth-order valence-corrected chi connectivity index (χ4v) is 8.32. The molecule has 0 aromatic heterocycles. The number of hydrogen-bond donors (Lipinski definition) is 6. The monoisotopic (exact) mass is 559 g/mol. The standard InChI is InChI=1S/C24H42ClN7O4S/c1-12-4-14(15-5-20(25)27-9-18(15)36-3)16(8-26-12)22(33)31-24-30-17-10-32(11-19(17)37-24)23(34)21-28-6-13(35-2)7-29-21/h12-21,24,26-30H,4-11H2,1-3H3,(H,31,33). The van der Waals surface area contributed by atoms with E-state index in [1.165, 1.54) is 0 Å². The molecule has 9 atom stereocenters. The summed E-state index contributed by atoms with van der Waals surface area (Å²) in [7, 11) is 3.43. The minimum Gasteiger partial charge on any atom is -0.380 e. The molecule has 13 heteroatoms. The molecule has 5 aliphatic rings. The number of carbonyl (C=O) groups excluding carboxylic acids is 2. The maximum absolute atomic E-state index is 13.6. The maximum atomic E-state index is 13.6. The van der Waals surface area contributed by atoms with E-state index >= 15 is 0 Å². The van der Waals surface area contributed by atoms with Crippen LogP contribution in [0, 0.1) is 17.8 Å². The van der Waals surface area contributed by atoms with Gasteiger partial charge in [-0.3, -0.25) is 30.9 Å². The maximum Gasteiger partial charge on any atom is 0.254 e. The number of piperidine rings is 2. The van der Waals surface area contributed by atoms with Crippen molar-refractivity contribution in [3.05, 3.63) is 0 Å². The smallest absolute Gasteiger partial charge is 0.254 e. The number of ether oxygens (including phenoxy) is 2. The van der Waals surface area contributed by atoms with E-state index in [1.807, 2.05) is 4.90 Å². The third-order valence-electron chi connectivity index (χ3n) is 8.72. The minimum atomic E-state index is -0.373. The van der Waals surface area contributed by atoms with Crippen LogP contribution in [0.15, 0.2) is 0 Å². The third-order valence-corrected chi connectivity index (χ3v) is 10.4. The molecule has 2 amide bonds. The fourth-order valence-electron chi connectivity index (χ4n) is 6.61. The van der Waals surface area contributed by atoms with Crippen molar-refractivity contribution >= 4 is 35.2 Å². The van der Waals surface area contributed by atoms with E-state index in [1.54, 1.807) is 26.0 Å². The molecule has 6 N–H and O–H groups in total. The van der Waals surface area contributed by atoms with Gasteiger partial charge in [0.15, 0.2) is 0 Å². The van der Waals surface area contributed by atoms with Crippen LogP contribution in [-0.4, -0.2) is 117 Å². The molecule has 5 fully saturated rings. The van der Waals surface area contributed by atoms with Crippen LogP contribution < -0.4 is 31.9 Å². The summed E-state index contributed by atoms with van der Waals surface area (Å²) in [5.41, 5.74) is -0.247. The molecular weight excluding hydrogens is 518 g/mol. The summed E-state index contributed by atoms with van der Waals surface area (Å²) < 4.78 is 11.1. The predicted octanol–water partition coefficient (Wildman–Crippen LogP) is -1.36. The van der Waals surface area contributed by atoms with Gasteiger partial charge >= 0.3 is 0 Å². The van der Waals surface area contributed by atoms with E-state index in [4.69, 9.17) is 21.1 Å². The molecule has 0 radical (unpaired) electrons. The van der Waals surface area contributed by atoms with Crippen LogP contribution >= 0.6 is 23.4 Å². The first-order valence-electron chi connectivity index (χ1n) is 13.5. The molecule has 0 saturated carbocycles. The Hall–Kier alpha value is -0.700. The first-order chi connectivity index (χ1) is 17.9. The van der Waals surface area contributed by atoms with Gasteiger partial charge in [0.2, 0.25) is 5.91 Å². The average molecular weight is 560 g/mol. The molecule has 0 spiro atoms. The zero-order chi connectivity index (χ0) is 26.1. The number of thioether (sulfide) groups is 1. The molecule has 0 aromatic rings. The largest absolute Gasteiger partial charge is 0.380 e. The number of amides is 2. The second kappa shape index (κ2) is 12.2. The Morgan fingerprint density at radius 1 is 0.973 bits per heavy atom. The van der Waals surface area contributed by atoms with Gasteiger partial charge in [0, 0.05) is 70.8 Å². The molecule has 210 valence electrons. The molecule has 0 aromatic carbocycles. The molecule has 11 nitrogen and oxygen atoms in total. The summed E-state index contributed by atoms with van der Waals surface area (Å²) in [6.45, 7) is 6.18. The van der Waals surface area contributed by atoms with E-state index < -0.39 is 0 Å². The van der Waals surface area contributed by atoms with Crippen molar-refractivity contribution in [2.24, 2.45) is 17.8 Å². The minimum absolute atomic E-state index is 0.0518. The first kappa shape index (κ1) is 27.9. The van der Waals surface area contributed by atoms with Gasteiger partial charge in [-0.05, 0) is 31.6 Å². The van der Waals surface area contributed by atoms with Crippen molar-refractivity contribution in [1.82, 2.24) is 36.8 Å². The van der Waals surface area contributed by atoms with Gasteiger partial charge in [-0.15, -0.1) is 23.4 Å². The van der Waals surface area contributed by atoms with Crippen molar-refractivity contribution in [3.63, 3.8) is 0 Å². The molecule has 0 aliphatic carbocycles. The lowest BCUT2D eigenvalue weighted by Crippen LogP contribution is -2.62. The number of likely N-dealkylation sites (tertiary alicyclic amines) is 1. The number of hydrogen-bond acceptors (Lipinski definition) is 10. The number of carbonyl (C=O) groups is 2. The van der Waals surface area contributed by atoms with E-state index in [0.717, 1.165) is 12.8 Å². The number of rotatable bonds is 6. The highest BCUT2D eigenvalue weighted by atomic mass is 35.5. The summed E-state index contributed by atoms with van der Waals surface area (Å²) in [6.07, 6.45) is 1.48. The van der Waals surface area contributed by atoms with Crippen molar-refractivity contribution in [3.8, 4) is 0 Å². The van der Waals surface area contributed by atoms with Crippen LogP contribution in [0.25, 0.3) is 0 Å². The van der Waals surface area contributed by atoms with Crippen LogP contribution in [0.1, 0.15) is 19.8 Å². The topological polar surface area (TPSA) is 128 Å². The highest BCUT2D eigenvalue weighted by molar-refractivity contribution is 8.00. The lowest BCUT2D eigenvalue weighted by Gasteiger charge is -2.45. The molecular formula is C24H42ClN7O4S. The van der Waals surface area contributed by atoms with Gasteiger partial charge in [0.1, 0.15) is 11.7 Å². The molecule has 0 bridgehead atoms. The second-order valence-electron chi connectivity index (χ2n) is 11.1. The van der Waals surface area contributed by atoms with Crippen LogP contribution in [0.2, 0.25) is 0 Å². The Bertz CT molecular complexity index is 808. The summed E-state index contributed by atoms with van der Waals surface area (Å²) in [5.74, 6) is 0.450. The molecule has 5 saturated heterocycles. The number of halogens is 1. The van der Waals surface area contributed by atoms with Crippen molar-refractivity contribution in [2.45, 2.75) is 66.5 Å². The lowest BCUT2D eigenvalue weighted by molar-refractivity contribution is -0.134. The Morgan fingerprint density at radius 3 is 2.46 bits per heavy atom. The Balaban J connectivity index is 1.14. The van der Waals surface area contributed by atoms with E-state index in [0.29, 0.717) is 45.3 Å². The van der Waals surface area contributed by atoms with E-state index in [2.05, 4.69) is 38.8 Å². The van der Waals surface area contributed by atoms with Crippen molar-refractivity contribution in [2.75, 3.05) is 53.5 Å². The number of methoxy groups -OCH3 is 2. The molecule has 5 aliphatic heterocycles. The van der Waals surface area contributed by atoms with Gasteiger partial charge in [-0.2, -0.15) is 0 Å². The van der Waals surface area contributed by atoms with Gasteiger partial charge in [0.05, 0.1) is 23.6 Å². The number of alkyl halides is 1. The predicted molar refractivity (Wildman–Crippen MR) is 143 cm³/mol. The number of fused-ring (bicyclic) bond motifs is 1. The SMILES string of the molecule is COC1CNC(C(=O)N2CC3NC(NC(=O)C4CNC(C)CC4C4CC(Cl)NCC4OC)SC3C2)NC1. The van der Waals surface area contributed by atoms with E-state index in [9.17, 15) is 9.59 Å². The second-order valence-corrected chi connectivity index (χ2v) is 12.9. The van der Waals surface area contributed by atoms with Crippen LogP contribution in [0.4, 0.5) is 0 Å². The highest BCUT2D eigenvalue weighted by Crippen LogP contribution is 2.38. The summed E-state index contributed by atoms with van der Waals surface area (Å²) in [4.78, 5) is 28.5. The lowest BCUT2D eigenvalue weighted by atomic mass is 9.70. The first-order valence-corrected chi connectivity index (χ1v) is 14.9. The van der Waals surface area contributed by atoms with Crippen LogP contribution in [0.5, 0.6) is 0 Å². The molecule has 5 rings (SSSR count). The Kier molecular flexibility index (Phi) is 9.20. The highest BCUT2D eigenvalue weighted by Gasteiger charge is 2.47. The zero-order valence-corrected chi connectivity index (χ0v) is 23.4. The van der Waals surface area contributed by atoms with Crippen molar-refractivity contribution < 1.29 is 19.1 Å². The number of nitrogens with zero attached hydrogens (tertiary/aromatic N) is 1. The number of nitrogens with one attached hydrogen (secondary N) is 6. The van der Waals surface area contributed by atoms with Crippen molar-refractivity contribution in [1.29, 1.82) is 0 Å². The van der Waals surface area contributed by atoms with Crippen LogP contribution in [0.3, 0.4) is 0 Å². The van der Waals surface area contributed by atoms with Gasteiger partial charge < -0.3 is 25.0 Å². The van der Waals surface area contributed by atoms with Gasteiger partial charge in [-0.25, -0.2) is 0 Å². The molecule has 5 heterocycles. The average Bonchev–Trinajstić information content (AvgIpc) is 3.47. The quantitative estimate of drug-likeness (QED) is 0.171. The zero-order valence-electron chi connectivity index (χ0n) is 21.9. The van der Waals surface area contributed by atoms with Gasteiger partial charge in [0.25, 0.3) is 5.91 Å². The third kappa shape index (κ3) is 6.22. The van der Waals surface area contributed by atoms with Crippen LogP contribution in [-0.2, 0) is 19.1 Å². The Morgan fingerprint density at radius 2 is 1.76 bits per heavy atom. The van der Waals surface area contributed by atoms with E-state index in [-0.39, 0.29) is 70.2 Å². The molecule has 37 heavy (non-hydrogen) atoms. The summed E-state index contributed by atoms with van der Waals surface area (Å²) in [6, 6.07) is 0.514. The normalized spacial score (nSPS) is 44.4.